The minimum atomic E-state index is -3.06. The Bertz CT molecular complexity index is 1370. The van der Waals surface area contributed by atoms with Crippen LogP contribution < -0.4 is 15.4 Å². The fourth-order valence-electron chi connectivity index (χ4n) is 3.63. The summed E-state index contributed by atoms with van der Waals surface area (Å²) in [5, 5.41) is 5.92. The second-order valence-electron chi connectivity index (χ2n) is 8.37. The van der Waals surface area contributed by atoms with E-state index in [0.717, 1.165) is 18.4 Å². The molecule has 2 aromatic heterocycles. The quantitative estimate of drug-likeness (QED) is 0.317. The molecule has 0 radical (unpaired) electrons. The number of carbonyl (C=O) groups excluding carboxylic acids is 1. The Balaban J connectivity index is 1.31. The highest BCUT2D eigenvalue weighted by molar-refractivity contribution is 5.93. The fraction of sp³-hybridized carbons (Fsp3) is 0.240. The number of hydrogen-bond donors (Lipinski definition) is 2. The summed E-state index contributed by atoms with van der Waals surface area (Å²) in [5.74, 6) is 2.07. The number of rotatable bonds is 8. The van der Waals surface area contributed by atoms with E-state index in [0.29, 0.717) is 34.5 Å². The zero-order chi connectivity index (χ0) is 24.5. The number of fused-ring (bicyclic) bond motifs is 1. The summed E-state index contributed by atoms with van der Waals surface area (Å²) in [6.07, 6.45) is -2.00. The average Bonchev–Trinajstić information content (AvgIpc) is 3.65. The molecule has 2 aromatic carbocycles. The molecule has 1 aliphatic carbocycles. The van der Waals surface area contributed by atoms with Crippen molar-refractivity contribution in [2.24, 2.45) is 13.0 Å². The largest absolute Gasteiger partial charge is 0.457 e. The van der Waals surface area contributed by atoms with Crippen molar-refractivity contribution in [3.8, 4) is 11.5 Å². The van der Waals surface area contributed by atoms with E-state index in [1.54, 1.807) is 30.5 Å². The van der Waals surface area contributed by atoms with Crippen LogP contribution in [0.15, 0.2) is 60.8 Å². The lowest BCUT2D eigenvalue weighted by atomic mass is 10.1. The van der Waals surface area contributed by atoms with Crippen molar-refractivity contribution in [2.45, 2.75) is 25.4 Å². The van der Waals surface area contributed by atoms with Gasteiger partial charge >= 0.3 is 0 Å². The number of nitrogens with zero attached hydrogens (tertiary/aromatic N) is 3. The Morgan fingerprint density at radius 1 is 1.06 bits per heavy atom. The Labute approximate surface area is 199 Å². The number of halogens is 3. The van der Waals surface area contributed by atoms with Crippen LogP contribution in [0, 0.1) is 5.92 Å². The number of nitrogens with one attached hydrogen (secondary N) is 2. The average molecular weight is 481 g/mol. The van der Waals surface area contributed by atoms with Gasteiger partial charge in [-0.05, 0) is 48.7 Å². The van der Waals surface area contributed by atoms with Crippen LogP contribution in [0.1, 0.15) is 24.6 Å². The van der Waals surface area contributed by atoms with Crippen molar-refractivity contribution < 1.29 is 22.7 Å². The lowest BCUT2D eigenvalue weighted by Crippen LogP contribution is -2.14. The maximum Gasteiger partial charge on any atom is 0.273 e. The molecule has 4 aromatic rings. The van der Waals surface area contributed by atoms with Gasteiger partial charge in [0.15, 0.2) is 6.17 Å². The van der Waals surface area contributed by atoms with E-state index in [1.807, 2.05) is 17.7 Å². The molecule has 1 atom stereocenters. The van der Waals surface area contributed by atoms with Crippen LogP contribution in [0.4, 0.5) is 30.6 Å². The highest BCUT2D eigenvalue weighted by Crippen LogP contribution is 2.32. The number of aromatic nitrogens is 3. The van der Waals surface area contributed by atoms with E-state index in [2.05, 4.69) is 20.6 Å². The van der Waals surface area contributed by atoms with Gasteiger partial charge in [-0.1, -0.05) is 12.1 Å². The number of anilines is 3. The molecule has 2 heterocycles. The van der Waals surface area contributed by atoms with Gasteiger partial charge in [-0.3, -0.25) is 4.79 Å². The topological polar surface area (TPSA) is 81.1 Å². The summed E-state index contributed by atoms with van der Waals surface area (Å²) in [6, 6.07) is 14.5. The first-order valence-electron chi connectivity index (χ1n) is 11.1. The summed E-state index contributed by atoms with van der Waals surface area (Å²) in [4.78, 5) is 20.7. The third kappa shape index (κ3) is 5.06. The summed E-state index contributed by atoms with van der Waals surface area (Å²) in [5.41, 5.74) is 2.01. The summed E-state index contributed by atoms with van der Waals surface area (Å²) in [7, 11) is 1.83. The molecule has 1 fully saturated rings. The van der Waals surface area contributed by atoms with Gasteiger partial charge < -0.3 is 19.9 Å². The molecule has 7 nitrogen and oxygen atoms in total. The highest BCUT2D eigenvalue weighted by atomic mass is 19.3. The number of amides is 1. The number of hydrogen-bond acceptors (Lipinski definition) is 5. The van der Waals surface area contributed by atoms with Crippen LogP contribution in [0.2, 0.25) is 0 Å². The second kappa shape index (κ2) is 9.28. The van der Waals surface area contributed by atoms with E-state index in [9.17, 15) is 18.0 Å². The van der Waals surface area contributed by atoms with Crippen LogP contribution in [0.25, 0.3) is 11.0 Å². The van der Waals surface area contributed by atoms with Crippen LogP contribution in [-0.2, 0) is 11.8 Å². The number of alkyl halides is 3. The summed E-state index contributed by atoms with van der Waals surface area (Å²) < 4.78 is 46.4. The van der Waals surface area contributed by atoms with E-state index < -0.39 is 12.6 Å². The minimum absolute atomic E-state index is 0.0299. The van der Waals surface area contributed by atoms with E-state index in [1.165, 1.54) is 24.3 Å². The lowest BCUT2D eigenvalue weighted by Gasteiger charge is -2.10. The first kappa shape index (κ1) is 22.7. The number of benzene rings is 2. The Morgan fingerprint density at radius 3 is 2.51 bits per heavy atom. The van der Waals surface area contributed by atoms with Gasteiger partial charge in [-0.25, -0.2) is 23.1 Å². The number of imidazole rings is 1. The standard InChI is InChI=1S/C25H22F3N5O2/c1-33-20-9-8-17(35-18-10-11-29-21(13-18)32-24(34)15-2-3-15)12-19(20)31-25(33)30-16-6-4-14(5-7-16)22(26)23(27)28/h4-13,15,22-23H,2-3H2,1H3,(H,30,31)(H,29,32,34). The maximum atomic E-state index is 13.5. The van der Waals surface area contributed by atoms with E-state index in [-0.39, 0.29) is 17.4 Å². The summed E-state index contributed by atoms with van der Waals surface area (Å²) >= 11 is 0. The maximum absolute atomic E-state index is 13.5. The van der Waals surface area contributed by atoms with Crippen molar-refractivity contribution in [3.63, 3.8) is 0 Å². The van der Waals surface area contributed by atoms with Gasteiger partial charge in [-0.2, -0.15) is 0 Å². The van der Waals surface area contributed by atoms with Gasteiger partial charge in [0.2, 0.25) is 11.9 Å². The van der Waals surface area contributed by atoms with Crippen LogP contribution in [-0.4, -0.2) is 26.9 Å². The lowest BCUT2D eigenvalue weighted by molar-refractivity contribution is -0.117. The van der Waals surface area contributed by atoms with Gasteiger partial charge in [0.25, 0.3) is 6.43 Å². The van der Waals surface area contributed by atoms with Crippen LogP contribution >= 0.6 is 0 Å². The molecule has 0 saturated heterocycles. The van der Waals surface area contributed by atoms with Crippen molar-refractivity contribution in [1.82, 2.24) is 14.5 Å². The predicted octanol–water partition coefficient (Wildman–Crippen LogP) is 6.13. The van der Waals surface area contributed by atoms with Crippen molar-refractivity contribution >= 4 is 34.4 Å². The molecule has 0 spiro atoms. The molecule has 1 amide bonds. The van der Waals surface area contributed by atoms with Crippen molar-refractivity contribution in [3.05, 3.63) is 66.4 Å². The molecule has 0 bridgehead atoms. The zero-order valence-electron chi connectivity index (χ0n) is 18.7. The third-order valence-corrected chi connectivity index (χ3v) is 5.73. The monoisotopic (exact) mass is 481 g/mol. The number of aryl methyl sites for hydroxylation is 1. The van der Waals surface area contributed by atoms with E-state index in [4.69, 9.17) is 4.74 Å². The molecular formula is C25H22F3N5O2. The van der Waals surface area contributed by atoms with Gasteiger partial charge in [0.1, 0.15) is 17.3 Å². The van der Waals surface area contributed by atoms with Crippen molar-refractivity contribution in [2.75, 3.05) is 10.6 Å². The van der Waals surface area contributed by atoms with Gasteiger partial charge in [0, 0.05) is 37.0 Å². The first-order valence-corrected chi connectivity index (χ1v) is 11.1. The Morgan fingerprint density at radius 2 is 1.80 bits per heavy atom. The Hall–Kier alpha value is -4.08. The molecule has 2 N–H and O–H groups in total. The van der Waals surface area contributed by atoms with Crippen molar-refractivity contribution in [1.29, 1.82) is 0 Å². The molecule has 35 heavy (non-hydrogen) atoms. The fourth-order valence-corrected chi connectivity index (χ4v) is 3.63. The number of carbonyl (C=O) groups is 1. The Kier molecular flexibility index (Phi) is 6.02. The van der Waals surface area contributed by atoms with Gasteiger partial charge in [-0.15, -0.1) is 0 Å². The number of ether oxygens (including phenoxy) is 1. The second-order valence-corrected chi connectivity index (χ2v) is 8.37. The van der Waals surface area contributed by atoms with Crippen LogP contribution in [0.5, 0.6) is 11.5 Å². The molecule has 1 saturated carbocycles. The number of pyridine rings is 1. The van der Waals surface area contributed by atoms with Gasteiger partial charge in [0.05, 0.1) is 11.0 Å². The SMILES string of the molecule is Cn1c(Nc2ccc(C(F)C(F)F)cc2)nc2cc(Oc3ccnc(NC(=O)C4CC4)c3)ccc21. The third-order valence-electron chi connectivity index (χ3n) is 5.73. The molecule has 0 aliphatic heterocycles. The normalized spacial score (nSPS) is 14.2. The minimum Gasteiger partial charge on any atom is -0.457 e. The summed E-state index contributed by atoms with van der Waals surface area (Å²) in [6.45, 7) is 0. The molecule has 10 heteroatoms. The highest BCUT2D eigenvalue weighted by Gasteiger charge is 2.29. The van der Waals surface area contributed by atoms with E-state index >= 15 is 0 Å². The molecule has 5 rings (SSSR count). The van der Waals surface area contributed by atoms with Crippen LogP contribution in [0.3, 0.4) is 0 Å². The molecule has 180 valence electrons. The predicted molar refractivity (Wildman–Crippen MR) is 126 cm³/mol. The molecule has 1 aliphatic rings. The zero-order valence-corrected chi connectivity index (χ0v) is 18.7. The first-order chi connectivity index (χ1) is 16.9. The smallest absolute Gasteiger partial charge is 0.273 e. The molecular weight excluding hydrogens is 459 g/mol. The molecule has 1 unspecified atom stereocenters.